The van der Waals surface area contributed by atoms with Crippen LogP contribution in [0.3, 0.4) is 0 Å². The molecule has 0 rings (SSSR count). The van der Waals surface area contributed by atoms with E-state index in [0.29, 0.717) is 0 Å². The minimum atomic E-state index is -4.99. The summed E-state index contributed by atoms with van der Waals surface area (Å²) in [6, 6.07) is 0. The molecule has 0 fully saturated rings. The smallest absolute Gasteiger partial charge is 0.790 e. The Kier molecular flexibility index (Phi) is 7.63. The predicted octanol–water partition coefficient (Wildman–Crippen LogP) is -1.82. The Morgan fingerprint density at radius 2 is 2.10 bits per heavy atom. The molecule has 10 heavy (non-hydrogen) atoms. The summed E-state index contributed by atoms with van der Waals surface area (Å²) in [6.07, 6.45) is -1.42. The van der Waals surface area contributed by atoms with Crippen molar-refractivity contribution >= 4 is 35.1 Å². The van der Waals surface area contributed by atoms with Gasteiger partial charge < -0.3 is 24.0 Å². The molecule has 0 saturated carbocycles. The molecule has 0 aliphatic heterocycles. The summed E-state index contributed by atoms with van der Waals surface area (Å²) in [5.41, 5.74) is 0. The van der Waals surface area contributed by atoms with Crippen LogP contribution in [0.25, 0.3) is 0 Å². The Morgan fingerprint density at radius 3 is 2.20 bits per heavy atom. The van der Waals surface area contributed by atoms with Crippen molar-refractivity contribution in [3.05, 3.63) is 0 Å². The van der Waals surface area contributed by atoms with Crippen molar-refractivity contribution in [2.24, 2.45) is 0 Å². The van der Waals surface area contributed by atoms with E-state index in [2.05, 4.69) is 4.52 Å². The molecular weight excluding hydrogens is 354 g/mol. The molecule has 0 aromatic heterocycles. The summed E-state index contributed by atoms with van der Waals surface area (Å²) in [4.78, 5) is 19.4. The molecule has 0 aromatic carbocycles. The summed E-state index contributed by atoms with van der Waals surface area (Å²) < 4.78 is 13.3. The Morgan fingerprint density at radius 1 is 1.70 bits per heavy atom. The third kappa shape index (κ3) is 8.99. The van der Waals surface area contributed by atoms with E-state index >= 15 is 0 Å². The third-order valence-corrected chi connectivity index (χ3v) is 1.10. The standard InChI is InChI=1S/C3H9O5P.Pb/c1-2-3(4)8-9(5,6)7;/h3-4H,2H2,1H3,(H2,5,6,7);/q;+2/p-2. The molecule has 0 saturated heterocycles. The van der Waals surface area contributed by atoms with Crippen LogP contribution in [0.15, 0.2) is 0 Å². The van der Waals surface area contributed by atoms with Gasteiger partial charge in [-0.2, -0.15) is 0 Å². The Balaban J connectivity index is 0. The van der Waals surface area contributed by atoms with E-state index in [1.165, 1.54) is 6.92 Å². The second kappa shape index (κ2) is 5.62. The first-order valence-electron chi connectivity index (χ1n) is 2.34. The van der Waals surface area contributed by atoms with Gasteiger partial charge in [0.05, 0.1) is 7.82 Å². The van der Waals surface area contributed by atoms with Crippen molar-refractivity contribution in [2.45, 2.75) is 19.6 Å². The fraction of sp³-hybridized carbons (Fsp3) is 1.00. The minimum Gasteiger partial charge on any atom is -0.790 e. The monoisotopic (exact) mass is 362 g/mol. The predicted molar refractivity (Wildman–Crippen MR) is 30.7 cm³/mol. The van der Waals surface area contributed by atoms with Gasteiger partial charge in [0.1, 0.15) is 0 Å². The molecule has 5 nitrogen and oxygen atoms in total. The van der Waals surface area contributed by atoms with Gasteiger partial charge in [-0.3, -0.25) is 0 Å². The molecule has 0 bridgehead atoms. The molecule has 1 atom stereocenters. The van der Waals surface area contributed by atoms with Crippen molar-refractivity contribution < 1.29 is 24.0 Å². The van der Waals surface area contributed by atoms with Gasteiger partial charge in [-0.05, 0) is 6.42 Å². The van der Waals surface area contributed by atoms with E-state index in [-0.39, 0.29) is 33.7 Å². The van der Waals surface area contributed by atoms with Gasteiger partial charge in [0, 0.05) is 0 Å². The van der Waals surface area contributed by atoms with Crippen LogP contribution in [0.1, 0.15) is 13.3 Å². The fourth-order valence-electron chi connectivity index (χ4n) is 0.224. The first-order chi connectivity index (χ1) is 3.95. The zero-order valence-corrected chi connectivity index (χ0v) is 10.1. The summed E-state index contributed by atoms with van der Waals surface area (Å²) in [6.45, 7) is 1.49. The van der Waals surface area contributed by atoms with Gasteiger partial charge in [-0.1, -0.05) is 6.92 Å². The topological polar surface area (TPSA) is 92.7 Å². The molecule has 7 heteroatoms. The van der Waals surface area contributed by atoms with E-state index in [1.807, 2.05) is 0 Å². The number of rotatable bonds is 3. The molecule has 0 aromatic rings. The van der Waals surface area contributed by atoms with Crippen molar-refractivity contribution in [3.8, 4) is 0 Å². The van der Waals surface area contributed by atoms with E-state index in [4.69, 9.17) is 5.11 Å². The van der Waals surface area contributed by atoms with E-state index in [1.54, 1.807) is 0 Å². The molecule has 58 valence electrons. The van der Waals surface area contributed by atoms with Gasteiger partial charge in [0.25, 0.3) is 0 Å². The van der Waals surface area contributed by atoms with Gasteiger partial charge in [-0.25, -0.2) is 0 Å². The second-order valence-corrected chi connectivity index (χ2v) is 2.52. The maximum absolute atomic E-state index is 9.69. The zero-order chi connectivity index (χ0) is 7.49. The van der Waals surface area contributed by atoms with Crippen LogP contribution < -0.4 is 9.79 Å². The van der Waals surface area contributed by atoms with E-state index in [9.17, 15) is 14.4 Å². The second-order valence-electron chi connectivity index (χ2n) is 1.42. The Bertz CT molecular complexity index is 122. The molecule has 0 amide bonds. The van der Waals surface area contributed by atoms with Crippen LogP contribution in [0, 0.1) is 0 Å². The number of phosphoric acid groups is 1. The SMILES string of the molecule is CCC(O)OP(=O)([O-])[O-].[Pb+2]. The molecule has 0 heterocycles. The number of hydrogen-bond acceptors (Lipinski definition) is 5. The van der Waals surface area contributed by atoms with Crippen molar-refractivity contribution in [3.63, 3.8) is 0 Å². The summed E-state index contributed by atoms with van der Waals surface area (Å²) in [7, 11) is -4.99. The summed E-state index contributed by atoms with van der Waals surface area (Å²) in [5, 5.41) is 8.40. The van der Waals surface area contributed by atoms with E-state index in [0.717, 1.165) is 0 Å². The Labute approximate surface area is 78.8 Å². The number of aliphatic hydroxyl groups excluding tert-OH is 1. The average molecular weight is 361 g/mol. The van der Waals surface area contributed by atoms with Crippen LogP contribution in [0.2, 0.25) is 0 Å². The first-order valence-corrected chi connectivity index (χ1v) is 3.80. The van der Waals surface area contributed by atoms with Crippen LogP contribution in [0.4, 0.5) is 0 Å². The molecule has 0 spiro atoms. The molecular formula is C3H7O5PPb. The summed E-state index contributed by atoms with van der Waals surface area (Å²) >= 11 is 0. The first kappa shape index (κ1) is 13.6. The zero-order valence-electron chi connectivity index (χ0n) is 5.31. The Hall–Kier alpha value is 0.992. The van der Waals surface area contributed by atoms with Crippen molar-refractivity contribution in [1.29, 1.82) is 0 Å². The largest absolute Gasteiger partial charge is 2.00 e. The van der Waals surface area contributed by atoms with Gasteiger partial charge in [-0.15, -0.1) is 0 Å². The molecule has 1 unspecified atom stereocenters. The van der Waals surface area contributed by atoms with Crippen LogP contribution >= 0.6 is 7.82 Å². The average Bonchev–Trinajstić information content (AvgIpc) is 1.62. The minimum absolute atomic E-state index is 0. The van der Waals surface area contributed by atoms with Crippen LogP contribution in [0.5, 0.6) is 0 Å². The van der Waals surface area contributed by atoms with Crippen molar-refractivity contribution in [1.82, 2.24) is 0 Å². The molecule has 0 aliphatic rings. The van der Waals surface area contributed by atoms with E-state index < -0.39 is 14.1 Å². The maximum atomic E-state index is 9.69. The molecule has 1 N–H and O–H groups in total. The fourth-order valence-corrected chi connectivity index (χ4v) is 0.671. The van der Waals surface area contributed by atoms with Gasteiger partial charge >= 0.3 is 27.3 Å². The van der Waals surface area contributed by atoms with Gasteiger partial charge in [0.15, 0.2) is 6.29 Å². The maximum Gasteiger partial charge on any atom is 2.00 e. The van der Waals surface area contributed by atoms with Gasteiger partial charge in [0.2, 0.25) is 0 Å². The summed E-state index contributed by atoms with van der Waals surface area (Å²) in [5.74, 6) is 0. The number of phosphoric ester groups is 1. The van der Waals surface area contributed by atoms with Crippen LogP contribution in [-0.4, -0.2) is 38.7 Å². The number of hydrogen-bond donors (Lipinski definition) is 1. The third-order valence-electron chi connectivity index (χ3n) is 0.600. The number of aliphatic hydroxyl groups is 1. The molecule has 2 radical (unpaired) electrons. The normalized spacial score (nSPS) is 14.0. The van der Waals surface area contributed by atoms with Crippen LogP contribution in [-0.2, 0) is 9.09 Å². The molecule has 0 aliphatic carbocycles. The quantitative estimate of drug-likeness (QED) is 0.363. The van der Waals surface area contributed by atoms with Crippen molar-refractivity contribution in [2.75, 3.05) is 0 Å².